The van der Waals surface area contributed by atoms with Crippen LogP contribution in [0.3, 0.4) is 0 Å². The van der Waals surface area contributed by atoms with Crippen molar-refractivity contribution in [2.75, 3.05) is 0 Å². The van der Waals surface area contributed by atoms with E-state index >= 15 is 0 Å². The molecule has 0 saturated heterocycles. The van der Waals surface area contributed by atoms with Crippen LogP contribution in [0.25, 0.3) is 0 Å². The molecule has 1 aliphatic rings. The van der Waals surface area contributed by atoms with E-state index < -0.39 is 0 Å². The third-order valence-corrected chi connectivity index (χ3v) is 3.44. The molecule has 1 fully saturated rings. The van der Waals surface area contributed by atoms with Crippen molar-refractivity contribution < 1.29 is 4.74 Å². The van der Waals surface area contributed by atoms with E-state index in [2.05, 4.69) is 32.9 Å². The van der Waals surface area contributed by atoms with E-state index in [-0.39, 0.29) is 0 Å². The first-order valence-corrected chi connectivity index (χ1v) is 6.41. The minimum Gasteiger partial charge on any atom is -0.490 e. The van der Waals surface area contributed by atoms with Gasteiger partial charge in [0, 0.05) is 0 Å². The van der Waals surface area contributed by atoms with Gasteiger partial charge in [-0.1, -0.05) is 24.1 Å². The molecule has 1 aliphatic carbocycles. The topological polar surface area (TPSA) is 9.23 Å². The van der Waals surface area contributed by atoms with E-state index in [1.54, 1.807) is 0 Å². The molecule has 1 aromatic carbocycles. The lowest BCUT2D eigenvalue weighted by Crippen LogP contribution is -2.20. The summed E-state index contributed by atoms with van der Waals surface area (Å²) in [7, 11) is 0. The van der Waals surface area contributed by atoms with Crippen molar-refractivity contribution in [3.05, 3.63) is 28.8 Å². The summed E-state index contributed by atoms with van der Waals surface area (Å²) in [6.45, 7) is 6.45. The molecular formula is C15H22O. The minimum absolute atomic E-state index is 0.453. The molecule has 0 unspecified atom stereocenters. The molecule has 2 rings (SSSR count). The van der Waals surface area contributed by atoms with Gasteiger partial charge in [0.1, 0.15) is 5.75 Å². The summed E-state index contributed by atoms with van der Waals surface area (Å²) in [4.78, 5) is 0. The van der Waals surface area contributed by atoms with Gasteiger partial charge in [-0.3, -0.25) is 0 Å². The Bertz CT molecular complexity index is 339. The van der Waals surface area contributed by atoms with Gasteiger partial charge in [-0.2, -0.15) is 0 Å². The van der Waals surface area contributed by atoms with Gasteiger partial charge in [0.25, 0.3) is 0 Å². The summed E-state index contributed by atoms with van der Waals surface area (Å²) in [5.41, 5.74) is 3.89. The van der Waals surface area contributed by atoms with Gasteiger partial charge in [-0.15, -0.1) is 0 Å². The zero-order chi connectivity index (χ0) is 11.5. The van der Waals surface area contributed by atoms with Crippen LogP contribution in [-0.4, -0.2) is 6.10 Å². The van der Waals surface area contributed by atoms with E-state index in [9.17, 15) is 0 Å². The van der Waals surface area contributed by atoms with E-state index in [1.807, 2.05) is 0 Å². The third-order valence-electron chi connectivity index (χ3n) is 3.44. The molecule has 0 aliphatic heterocycles. The lowest BCUT2D eigenvalue weighted by Gasteiger charge is -2.25. The Morgan fingerprint density at radius 1 is 0.938 bits per heavy atom. The van der Waals surface area contributed by atoms with Crippen molar-refractivity contribution in [2.45, 2.75) is 59.0 Å². The zero-order valence-corrected chi connectivity index (χ0v) is 10.7. The Labute approximate surface area is 98.8 Å². The first-order valence-electron chi connectivity index (χ1n) is 6.41. The average Bonchev–Trinajstić information content (AvgIpc) is 2.25. The fraction of sp³-hybridized carbons (Fsp3) is 0.600. The molecule has 0 aromatic heterocycles. The van der Waals surface area contributed by atoms with Crippen molar-refractivity contribution in [2.24, 2.45) is 0 Å². The van der Waals surface area contributed by atoms with Gasteiger partial charge in [-0.25, -0.2) is 0 Å². The molecule has 0 bridgehead atoms. The number of hydrogen-bond donors (Lipinski definition) is 0. The molecule has 16 heavy (non-hydrogen) atoms. The van der Waals surface area contributed by atoms with Crippen LogP contribution in [-0.2, 0) is 0 Å². The van der Waals surface area contributed by atoms with Crippen LogP contribution in [0.15, 0.2) is 12.1 Å². The third kappa shape index (κ3) is 2.58. The van der Waals surface area contributed by atoms with Crippen LogP contribution >= 0.6 is 0 Å². The standard InChI is InChI=1S/C15H22O/c1-11-9-12(2)15(13(3)10-11)16-14-7-5-4-6-8-14/h9-10,14H,4-8H2,1-3H3. The molecular weight excluding hydrogens is 196 g/mol. The molecule has 0 atom stereocenters. The van der Waals surface area contributed by atoms with E-state index in [4.69, 9.17) is 4.74 Å². The second-order valence-corrected chi connectivity index (χ2v) is 5.11. The van der Waals surface area contributed by atoms with Crippen molar-refractivity contribution in [1.29, 1.82) is 0 Å². The fourth-order valence-corrected chi connectivity index (χ4v) is 2.70. The number of ether oxygens (including phenoxy) is 1. The minimum atomic E-state index is 0.453. The summed E-state index contributed by atoms with van der Waals surface area (Å²) < 4.78 is 6.17. The Hall–Kier alpha value is -0.980. The molecule has 0 spiro atoms. The number of aryl methyl sites for hydroxylation is 3. The van der Waals surface area contributed by atoms with Crippen LogP contribution in [0.4, 0.5) is 0 Å². The van der Waals surface area contributed by atoms with Gasteiger partial charge in [-0.05, 0) is 57.6 Å². The summed E-state index contributed by atoms with van der Waals surface area (Å²) in [5.74, 6) is 1.12. The van der Waals surface area contributed by atoms with E-state index in [0.717, 1.165) is 5.75 Å². The average molecular weight is 218 g/mol. The molecule has 88 valence electrons. The monoisotopic (exact) mass is 218 g/mol. The first-order chi connectivity index (χ1) is 7.66. The molecule has 1 aromatic rings. The van der Waals surface area contributed by atoms with Gasteiger partial charge < -0.3 is 4.74 Å². The number of rotatable bonds is 2. The zero-order valence-electron chi connectivity index (χ0n) is 10.7. The predicted octanol–water partition coefficient (Wildman–Crippen LogP) is 4.32. The molecule has 0 heterocycles. The van der Waals surface area contributed by atoms with E-state index in [0.29, 0.717) is 6.10 Å². The van der Waals surface area contributed by atoms with Gasteiger partial charge in [0.2, 0.25) is 0 Å². The second-order valence-electron chi connectivity index (χ2n) is 5.11. The Balaban J connectivity index is 2.14. The molecule has 0 amide bonds. The molecule has 1 saturated carbocycles. The van der Waals surface area contributed by atoms with Crippen LogP contribution in [0.1, 0.15) is 48.8 Å². The number of hydrogen-bond acceptors (Lipinski definition) is 1. The summed E-state index contributed by atoms with van der Waals surface area (Å²) in [6.07, 6.45) is 6.95. The molecule has 0 N–H and O–H groups in total. The SMILES string of the molecule is Cc1cc(C)c(OC2CCCCC2)c(C)c1. The second kappa shape index (κ2) is 4.90. The van der Waals surface area contributed by atoms with Gasteiger partial charge in [0.05, 0.1) is 6.10 Å². The van der Waals surface area contributed by atoms with Crippen molar-refractivity contribution in [3.63, 3.8) is 0 Å². The highest BCUT2D eigenvalue weighted by molar-refractivity contribution is 5.43. The fourth-order valence-electron chi connectivity index (χ4n) is 2.70. The van der Waals surface area contributed by atoms with Crippen LogP contribution in [0, 0.1) is 20.8 Å². The lowest BCUT2D eigenvalue weighted by molar-refractivity contribution is 0.153. The summed E-state index contributed by atoms with van der Waals surface area (Å²) in [5, 5.41) is 0. The molecule has 0 radical (unpaired) electrons. The molecule has 1 heteroatoms. The molecule has 1 nitrogen and oxygen atoms in total. The first kappa shape index (κ1) is 11.5. The van der Waals surface area contributed by atoms with Crippen molar-refractivity contribution in [1.82, 2.24) is 0 Å². The highest BCUT2D eigenvalue weighted by atomic mass is 16.5. The van der Waals surface area contributed by atoms with Crippen LogP contribution in [0.5, 0.6) is 5.75 Å². The maximum Gasteiger partial charge on any atom is 0.125 e. The maximum absolute atomic E-state index is 6.17. The Morgan fingerprint density at radius 3 is 2.06 bits per heavy atom. The van der Waals surface area contributed by atoms with Crippen LogP contribution < -0.4 is 4.74 Å². The normalized spacial score (nSPS) is 17.4. The largest absolute Gasteiger partial charge is 0.490 e. The Morgan fingerprint density at radius 2 is 1.50 bits per heavy atom. The predicted molar refractivity (Wildman–Crippen MR) is 68.2 cm³/mol. The highest BCUT2D eigenvalue weighted by Crippen LogP contribution is 2.29. The highest BCUT2D eigenvalue weighted by Gasteiger charge is 2.16. The van der Waals surface area contributed by atoms with Crippen molar-refractivity contribution >= 4 is 0 Å². The Kier molecular flexibility index (Phi) is 3.52. The smallest absolute Gasteiger partial charge is 0.125 e. The van der Waals surface area contributed by atoms with Crippen LogP contribution in [0.2, 0.25) is 0 Å². The van der Waals surface area contributed by atoms with Gasteiger partial charge in [0.15, 0.2) is 0 Å². The van der Waals surface area contributed by atoms with Crippen molar-refractivity contribution in [3.8, 4) is 5.75 Å². The summed E-state index contributed by atoms with van der Waals surface area (Å²) >= 11 is 0. The summed E-state index contributed by atoms with van der Waals surface area (Å²) in [6, 6.07) is 4.43. The number of benzene rings is 1. The lowest BCUT2D eigenvalue weighted by atomic mass is 9.97. The maximum atomic E-state index is 6.17. The van der Waals surface area contributed by atoms with E-state index in [1.165, 1.54) is 48.8 Å². The quantitative estimate of drug-likeness (QED) is 0.718. The van der Waals surface area contributed by atoms with Gasteiger partial charge >= 0.3 is 0 Å².